The van der Waals surface area contributed by atoms with E-state index in [1.165, 1.54) is 46.8 Å². The minimum Gasteiger partial charge on any atom is -0.484 e. The first kappa shape index (κ1) is 52.4. The van der Waals surface area contributed by atoms with Crippen molar-refractivity contribution in [3.05, 3.63) is 117 Å². The van der Waals surface area contributed by atoms with Gasteiger partial charge in [-0.3, -0.25) is 28.7 Å². The number of hydrogen-bond donors (Lipinski definition) is 3. The molecule has 3 amide bonds. The molecule has 1 saturated heterocycles. The van der Waals surface area contributed by atoms with Crippen molar-refractivity contribution in [3.8, 4) is 38.1 Å². The number of halogens is 3. The summed E-state index contributed by atoms with van der Waals surface area (Å²) in [6, 6.07) is 14.8. The van der Waals surface area contributed by atoms with Crippen LogP contribution in [-0.2, 0) is 23.9 Å². The largest absolute Gasteiger partial charge is 0.573 e. The molecule has 5 atom stereocenters. The van der Waals surface area contributed by atoms with Crippen LogP contribution in [0.4, 0.5) is 13.2 Å². The number of aliphatic hydroxyl groups is 1. The van der Waals surface area contributed by atoms with Gasteiger partial charge in [0.05, 0.1) is 47.5 Å². The number of methoxy groups -OCH3 is 1. The normalized spacial score (nSPS) is 17.4. The summed E-state index contributed by atoms with van der Waals surface area (Å²) in [6.45, 7) is 13.9. The Morgan fingerprint density at radius 1 is 0.918 bits per heavy atom. The Labute approximate surface area is 427 Å². The monoisotopic (exact) mass is 1040 g/mol. The quantitative estimate of drug-likeness (QED) is 0.0885. The molecule has 0 radical (unpaired) electrons. The van der Waals surface area contributed by atoms with Crippen LogP contribution in [0, 0.1) is 33.1 Å². The standard InChI is InChI=1S/C52H55F3N8O8S2/c1-26-29(4)73-50-43(26)44(58-38(22-42(66)69-9)47-61-60-30(5)63(47)50)33-14-12-32(13-15-33)37-19-18-36(21-40(37)71-52(53,54)55)70-24-41(65)59-46(51(6,7)8)49(68)62-23-35(64)20-39(62)48(67)57-27(2)31-10-16-34(17-11-31)45-28(3)56-25-72-45/h10-19,21,25,27,35,38-39,46,64H,20,22-24H2,1-9H3,(H,57,67)(H,59,65)/t27-,35+,38-,39-,46+/m0/s1. The number of aliphatic imine (C=N–C) groups is 1. The first-order valence-electron chi connectivity index (χ1n) is 23.4. The smallest absolute Gasteiger partial charge is 0.484 e. The number of likely N-dealkylation sites (tertiary alicyclic amines) is 1. The summed E-state index contributed by atoms with van der Waals surface area (Å²) >= 11 is 3.06. The molecule has 0 aliphatic carbocycles. The molecular formula is C52H55F3N8O8S2. The van der Waals surface area contributed by atoms with Gasteiger partial charge in [0, 0.05) is 40.6 Å². The maximum absolute atomic E-state index is 14.3. The fourth-order valence-corrected chi connectivity index (χ4v) is 11.0. The first-order valence-corrected chi connectivity index (χ1v) is 25.1. The number of alkyl halides is 3. The minimum absolute atomic E-state index is 0.0148. The summed E-state index contributed by atoms with van der Waals surface area (Å²) in [6.07, 6.45) is -6.21. The van der Waals surface area contributed by atoms with Crippen LogP contribution in [-0.4, -0.2) is 104 Å². The third-order valence-corrected chi connectivity index (χ3v) is 15.1. The number of amides is 3. The molecule has 0 unspecified atom stereocenters. The lowest BCUT2D eigenvalue weighted by Crippen LogP contribution is -2.58. The Morgan fingerprint density at radius 3 is 2.25 bits per heavy atom. The van der Waals surface area contributed by atoms with Gasteiger partial charge < -0.3 is 34.9 Å². The fraction of sp³-hybridized carbons (Fsp3) is 0.385. The highest BCUT2D eigenvalue weighted by Crippen LogP contribution is 2.41. The predicted octanol–water partition coefficient (Wildman–Crippen LogP) is 8.46. The number of hydrogen-bond acceptors (Lipinski definition) is 14. The number of nitrogens with one attached hydrogen (secondary N) is 2. The third-order valence-electron chi connectivity index (χ3n) is 12.9. The molecule has 8 rings (SSSR count). The topological polar surface area (TPSA) is 199 Å². The Hall–Kier alpha value is -6.97. The van der Waals surface area contributed by atoms with E-state index in [0.717, 1.165) is 48.8 Å². The maximum Gasteiger partial charge on any atom is 0.573 e. The van der Waals surface area contributed by atoms with Gasteiger partial charge in [0.15, 0.2) is 12.4 Å². The molecule has 0 bridgehead atoms. The Kier molecular flexibility index (Phi) is 15.0. The lowest BCUT2D eigenvalue weighted by molar-refractivity contribution is -0.274. The van der Waals surface area contributed by atoms with Crippen molar-refractivity contribution >= 4 is 52.1 Å². The Balaban J connectivity index is 0.968. The van der Waals surface area contributed by atoms with Gasteiger partial charge in [0.25, 0.3) is 5.91 Å². The van der Waals surface area contributed by atoms with Crippen LogP contribution in [0.25, 0.3) is 26.6 Å². The lowest BCUT2D eigenvalue weighted by Gasteiger charge is -2.35. The van der Waals surface area contributed by atoms with E-state index < -0.39 is 78.1 Å². The van der Waals surface area contributed by atoms with Crippen LogP contribution in [0.15, 0.2) is 77.2 Å². The minimum atomic E-state index is -5.10. The second kappa shape index (κ2) is 20.9. The summed E-state index contributed by atoms with van der Waals surface area (Å²) in [5, 5.41) is 25.9. The van der Waals surface area contributed by atoms with Crippen LogP contribution in [0.2, 0.25) is 0 Å². The van der Waals surface area contributed by atoms with Crippen molar-refractivity contribution in [1.29, 1.82) is 0 Å². The van der Waals surface area contributed by atoms with Crippen molar-refractivity contribution < 1.29 is 51.7 Å². The summed E-state index contributed by atoms with van der Waals surface area (Å²) < 4.78 is 59.0. The SMILES string of the molecule is COC(=O)C[C@@H]1N=C(c2ccc(-c3ccc(OCC(=O)N[C@H](C(=O)N4C[C@H](O)C[C@H]4C(=O)N[C@@H](C)c4ccc(-c5scnc5C)cc4)C(C)(C)C)cc3OC(F)(F)F)cc2)c2c(sc(C)c2C)-n2c(C)nnc21. The van der Waals surface area contributed by atoms with Crippen molar-refractivity contribution in [2.24, 2.45) is 10.4 Å². The predicted molar refractivity (Wildman–Crippen MR) is 269 cm³/mol. The van der Waals surface area contributed by atoms with Crippen LogP contribution < -0.4 is 20.1 Å². The summed E-state index contributed by atoms with van der Waals surface area (Å²) in [7, 11) is 1.29. The zero-order valence-electron chi connectivity index (χ0n) is 41.6. The molecule has 6 aromatic rings. The third kappa shape index (κ3) is 11.3. The highest BCUT2D eigenvalue weighted by atomic mass is 32.1. The molecule has 2 aliphatic heterocycles. The van der Waals surface area contributed by atoms with Gasteiger partial charge in [-0.05, 0) is 74.4 Å². The van der Waals surface area contributed by atoms with Crippen LogP contribution in [0.3, 0.4) is 0 Å². The van der Waals surface area contributed by atoms with E-state index in [-0.39, 0.29) is 30.7 Å². The van der Waals surface area contributed by atoms with Gasteiger partial charge in [-0.15, -0.1) is 46.0 Å². The fourth-order valence-electron chi connectivity index (χ4n) is 8.98. The van der Waals surface area contributed by atoms with Crippen molar-refractivity contribution in [1.82, 2.24) is 35.3 Å². The molecule has 384 valence electrons. The van der Waals surface area contributed by atoms with Crippen LogP contribution in [0.5, 0.6) is 11.5 Å². The van der Waals surface area contributed by atoms with E-state index in [2.05, 4.69) is 30.6 Å². The number of carbonyl (C=O) groups is 4. The number of aryl methyl sites for hydroxylation is 3. The van der Waals surface area contributed by atoms with E-state index in [9.17, 15) is 37.5 Å². The van der Waals surface area contributed by atoms with Gasteiger partial charge in [-0.2, -0.15) is 0 Å². The molecule has 3 N–H and O–H groups in total. The number of esters is 1. The van der Waals surface area contributed by atoms with Gasteiger partial charge in [-0.25, -0.2) is 4.98 Å². The van der Waals surface area contributed by atoms with Crippen molar-refractivity contribution in [2.75, 3.05) is 20.3 Å². The molecule has 21 heteroatoms. The van der Waals surface area contributed by atoms with Gasteiger partial charge in [0.2, 0.25) is 11.8 Å². The molecule has 1 fully saturated rings. The van der Waals surface area contributed by atoms with E-state index >= 15 is 0 Å². The summed E-state index contributed by atoms with van der Waals surface area (Å²) in [5.74, 6) is -1.97. The van der Waals surface area contributed by atoms with Crippen LogP contribution in [0.1, 0.15) is 97.1 Å². The number of aromatic nitrogens is 4. The molecule has 2 aliphatic rings. The average molecular weight is 1040 g/mol. The molecule has 3 aromatic heterocycles. The summed E-state index contributed by atoms with van der Waals surface area (Å²) in [4.78, 5) is 66.9. The molecular weight excluding hydrogens is 986 g/mol. The molecule has 16 nitrogen and oxygen atoms in total. The number of aliphatic hydroxyl groups excluding tert-OH is 1. The molecule has 3 aromatic carbocycles. The molecule has 0 saturated carbocycles. The van der Waals surface area contributed by atoms with E-state index in [0.29, 0.717) is 28.5 Å². The zero-order chi connectivity index (χ0) is 52.7. The van der Waals surface area contributed by atoms with Crippen LogP contribution >= 0.6 is 22.7 Å². The van der Waals surface area contributed by atoms with E-state index in [1.54, 1.807) is 50.5 Å². The number of rotatable bonds is 14. The number of ether oxygens (including phenoxy) is 3. The zero-order valence-corrected chi connectivity index (χ0v) is 43.2. The summed E-state index contributed by atoms with van der Waals surface area (Å²) in [5.41, 5.74) is 7.01. The Bertz CT molecular complexity index is 3090. The first-order chi connectivity index (χ1) is 34.5. The highest BCUT2D eigenvalue weighted by molar-refractivity contribution is 7.15. The van der Waals surface area contributed by atoms with Crippen molar-refractivity contribution in [2.45, 2.75) is 105 Å². The number of nitrogens with zero attached hydrogens (tertiary/aromatic N) is 6. The Morgan fingerprint density at radius 2 is 1.60 bits per heavy atom. The number of thiophene rings is 1. The maximum atomic E-state index is 14.3. The van der Waals surface area contributed by atoms with E-state index in [4.69, 9.17) is 14.5 Å². The number of carbonyl (C=O) groups excluding carboxylic acids is 4. The average Bonchev–Trinajstić information content (AvgIpc) is 4.11. The highest BCUT2D eigenvalue weighted by Gasteiger charge is 2.45. The number of benzene rings is 3. The molecule has 5 heterocycles. The van der Waals surface area contributed by atoms with Gasteiger partial charge in [-0.1, -0.05) is 69.3 Å². The second-order valence-electron chi connectivity index (χ2n) is 19.1. The molecule has 73 heavy (non-hydrogen) atoms. The second-order valence-corrected chi connectivity index (χ2v) is 21.2. The number of thiazole rings is 1. The van der Waals surface area contributed by atoms with Gasteiger partial charge in [0.1, 0.15) is 40.5 Å². The van der Waals surface area contributed by atoms with Gasteiger partial charge >= 0.3 is 12.3 Å². The number of β-amino-alcohol motifs (C(OH)–C–C–N with tert-alkyl or cyclic N) is 1. The van der Waals surface area contributed by atoms with E-state index in [1.807, 2.05) is 63.5 Å². The van der Waals surface area contributed by atoms with Crippen molar-refractivity contribution in [3.63, 3.8) is 0 Å². The lowest BCUT2D eigenvalue weighted by atomic mass is 9.85. The molecule has 0 spiro atoms. The number of fused-ring (bicyclic) bond motifs is 3.